The molecular weight excluding hydrogens is 274 g/mol. The monoisotopic (exact) mass is 289 g/mol. The van der Waals surface area contributed by atoms with Gasteiger partial charge in [-0.3, -0.25) is 24.5 Å². The van der Waals surface area contributed by atoms with E-state index in [1.165, 1.54) is 6.92 Å². The summed E-state index contributed by atoms with van der Waals surface area (Å²) in [7, 11) is 0. The van der Waals surface area contributed by atoms with Crippen LogP contribution in [-0.4, -0.2) is 47.7 Å². The Kier molecular flexibility index (Phi) is 4.32. The van der Waals surface area contributed by atoms with E-state index < -0.39 is 23.8 Å². The van der Waals surface area contributed by atoms with Crippen molar-refractivity contribution in [1.82, 2.24) is 15.5 Å². The van der Waals surface area contributed by atoms with E-state index in [0.29, 0.717) is 5.56 Å². The first-order valence-electron chi connectivity index (χ1n) is 6.45. The second-order valence-electron chi connectivity index (χ2n) is 4.66. The summed E-state index contributed by atoms with van der Waals surface area (Å²) in [6, 6.07) is 7.73. The molecule has 7 nitrogen and oxygen atoms in total. The van der Waals surface area contributed by atoms with Crippen molar-refractivity contribution in [3.8, 4) is 0 Å². The van der Waals surface area contributed by atoms with Gasteiger partial charge in [-0.2, -0.15) is 0 Å². The van der Waals surface area contributed by atoms with Gasteiger partial charge in [0.1, 0.15) is 12.6 Å². The fraction of sp³-hybridized carbons (Fsp3) is 0.286. The number of benzene rings is 1. The largest absolute Gasteiger partial charge is 0.343 e. The molecule has 1 fully saturated rings. The molecule has 1 unspecified atom stereocenters. The van der Waals surface area contributed by atoms with Gasteiger partial charge in [0, 0.05) is 5.56 Å². The van der Waals surface area contributed by atoms with Gasteiger partial charge in [-0.1, -0.05) is 18.2 Å². The predicted octanol–water partition coefficient (Wildman–Crippen LogP) is -0.710. The van der Waals surface area contributed by atoms with Crippen molar-refractivity contribution in [1.29, 1.82) is 0 Å². The van der Waals surface area contributed by atoms with Crippen molar-refractivity contribution in [3.05, 3.63) is 35.9 Å². The van der Waals surface area contributed by atoms with E-state index in [-0.39, 0.29) is 19.0 Å². The lowest BCUT2D eigenvalue weighted by Crippen LogP contribution is -2.60. The first-order valence-corrected chi connectivity index (χ1v) is 6.45. The van der Waals surface area contributed by atoms with Crippen molar-refractivity contribution in [2.75, 3.05) is 13.1 Å². The smallest absolute Gasteiger partial charge is 0.251 e. The number of carbonyl (C=O) groups excluding carboxylic acids is 4. The van der Waals surface area contributed by atoms with Crippen LogP contribution in [0.5, 0.6) is 0 Å². The molecule has 110 valence electrons. The average molecular weight is 289 g/mol. The molecule has 0 spiro atoms. The number of imide groups is 1. The zero-order chi connectivity index (χ0) is 15.4. The van der Waals surface area contributed by atoms with Gasteiger partial charge in [-0.15, -0.1) is 0 Å². The molecule has 0 radical (unpaired) electrons. The number of hydrogen-bond acceptors (Lipinski definition) is 4. The number of hydrogen-bond donors (Lipinski definition) is 2. The predicted molar refractivity (Wildman–Crippen MR) is 73.1 cm³/mol. The minimum absolute atomic E-state index is 0.188. The van der Waals surface area contributed by atoms with E-state index in [1.54, 1.807) is 30.3 Å². The van der Waals surface area contributed by atoms with Crippen LogP contribution in [0, 0.1) is 0 Å². The maximum Gasteiger partial charge on any atom is 0.251 e. The first kappa shape index (κ1) is 14.7. The van der Waals surface area contributed by atoms with Crippen LogP contribution >= 0.6 is 0 Å². The van der Waals surface area contributed by atoms with Crippen LogP contribution in [0.2, 0.25) is 0 Å². The van der Waals surface area contributed by atoms with Crippen LogP contribution in [0.3, 0.4) is 0 Å². The molecule has 1 aliphatic rings. The van der Waals surface area contributed by atoms with Crippen LogP contribution in [0.25, 0.3) is 0 Å². The molecule has 2 rings (SSSR count). The van der Waals surface area contributed by atoms with Crippen molar-refractivity contribution < 1.29 is 19.2 Å². The molecule has 21 heavy (non-hydrogen) atoms. The lowest BCUT2D eigenvalue weighted by molar-refractivity contribution is -0.148. The molecule has 0 aromatic heterocycles. The summed E-state index contributed by atoms with van der Waals surface area (Å²) >= 11 is 0. The van der Waals surface area contributed by atoms with Crippen LogP contribution in [0.1, 0.15) is 17.3 Å². The zero-order valence-electron chi connectivity index (χ0n) is 11.5. The summed E-state index contributed by atoms with van der Waals surface area (Å²) in [5, 5.41) is 4.62. The van der Waals surface area contributed by atoms with Gasteiger partial charge in [-0.25, -0.2) is 0 Å². The number of amides is 4. The Morgan fingerprint density at radius 1 is 1.29 bits per heavy atom. The van der Waals surface area contributed by atoms with Gasteiger partial charge < -0.3 is 10.2 Å². The molecule has 0 bridgehead atoms. The van der Waals surface area contributed by atoms with E-state index in [1.807, 2.05) is 0 Å². The van der Waals surface area contributed by atoms with Gasteiger partial charge in [0.25, 0.3) is 5.91 Å². The third kappa shape index (κ3) is 3.44. The summed E-state index contributed by atoms with van der Waals surface area (Å²) in [5.41, 5.74) is 0.436. The zero-order valence-corrected chi connectivity index (χ0v) is 11.5. The number of nitrogens with zero attached hydrogens (tertiary/aromatic N) is 1. The molecule has 1 aliphatic heterocycles. The van der Waals surface area contributed by atoms with E-state index in [4.69, 9.17) is 0 Å². The minimum atomic E-state index is -0.733. The molecule has 1 saturated heterocycles. The van der Waals surface area contributed by atoms with Crippen LogP contribution < -0.4 is 10.6 Å². The highest BCUT2D eigenvalue weighted by Gasteiger charge is 2.33. The Balaban J connectivity index is 1.94. The lowest BCUT2D eigenvalue weighted by Gasteiger charge is -2.31. The van der Waals surface area contributed by atoms with Gasteiger partial charge in [0.05, 0.1) is 6.54 Å². The molecule has 1 heterocycles. The Labute approximate surface area is 121 Å². The summed E-state index contributed by atoms with van der Waals surface area (Å²) in [6.07, 6.45) is 0. The van der Waals surface area contributed by atoms with E-state index in [0.717, 1.165) is 4.90 Å². The Morgan fingerprint density at radius 3 is 2.62 bits per heavy atom. The molecule has 0 aliphatic carbocycles. The van der Waals surface area contributed by atoms with Crippen molar-refractivity contribution in [2.45, 2.75) is 13.0 Å². The van der Waals surface area contributed by atoms with E-state index in [2.05, 4.69) is 10.6 Å². The number of rotatable bonds is 3. The number of piperazine rings is 1. The summed E-state index contributed by atoms with van der Waals surface area (Å²) in [4.78, 5) is 47.7. The third-order valence-electron chi connectivity index (χ3n) is 3.18. The Hall–Kier alpha value is -2.70. The topological polar surface area (TPSA) is 95.6 Å². The summed E-state index contributed by atoms with van der Waals surface area (Å²) in [6.45, 7) is 1.07. The molecule has 1 aromatic carbocycles. The minimum Gasteiger partial charge on any atom is -0.343 e. The van der Waals surface area contributed by atoms with Crippen LogP contribution in [-0.2, 0) is 14.4 Å². The highest BCUT2D eigenvalue weighted by molar-refractivity contribution is 6.04. The van der Waals surface area contributed by atoms with Crippen LogP contribution in [0.4, 0.5) is 0 Å². The quantitative estimate of drug-likeness (QED) is 0.719. The molecule has 1 atom stereocenters. The maximum absolute atomic E-state index is 12.0. The summed E-state index contributed by atoms with van der Waals surface area (Å²) < 4.78 is 0. The maximum atomic E-state index is 12.0. The van der Waals surface area contributed by atoms with Gasteiger partial charge in [0.2, 0.25) is 17.7 Å². The standard InChI is InChI=1S/C14H15N3O4/c1-9-13(20)16-11(18)8-17(9)12(19)7-15-14(21)10-5-3-2-4-6-10/h2-6,9H,7-8H2,1H3,(H,15,21)(H,16,18,20). The number of nitrogens with one attached hydrogen (secondary N) is 2. The van der Waals surface area contributed by atoms with Crippen molar-refractivity contribution in [2.24, 2.45) is 0 Å². The van der Waals surface area contributed by atoms with Gasteiger partial charge in [-0.05, 0) is 19.1 Å². The lowest BCUT2D eigenvalue weighted by atomic mass is 10.2. The van der Waals surface area contributed by atoms with Crippen molar-refractivity contribution >= 4 is 23.6 Å². The van der Waals surface area contributed by atoms with E-state index in [9.17, 15) is 19.2 Å². The molecule has 2 N–H and O–H groups in total. The number of carbonyl (C=O) groups is 4. The van der Waals surface area contributed by atoms with E-state index >= 15 is 0 Å². The highest BCUT2D eigenvalue weighted by Crippen LogP contribution is 2.05. The molecular formula is C14H15N3O4. The van der Waals surface area contributed by atoms with Gasteiger partial charge >= 0.3 is 0 Å². The first-order chi connectivity index (χ1) is 9.99. The highest BCUT2D eigenvalue weighted by atomic mass is 16.2. The molecule has 1 aromatic rings. The fourth-order valence-corrected chi connectivity index (χ4v) is 1.97. The second-order valence-corrected chi connectivity index (χ2v) is 4.66. The Morgan fingerprint density at radius 2 is 1.95 bits per heavy atom. The average Bonchev–Trinajstić information content (AvgIpc) is 2.49. The normalized spacial score (nSPS) is 18.1. The second kappa shape index (κ2) is 6.17. The third-order valence-corrected chi connectivity index (χ3v) is 3.18. The van der Waals surface area contributed by atoms with Gasteiger partial charge in [0.15, 0.2) is 0 Å². The van der Waals surface area contributed by atoms with Crippen molar-refractivity contribution in [3.63, 3.8) is 0 Å². The SMILES string of the molecule is CC1C(=O)NC(=O)CN1C(=O)CNC(=O)c1ccccc1. The molecule has 7 heteroatoms. The molecule has 0 saturated carbocycles. The Bertz CT molecular complexity index is 585. The van der Waals surface area contributed by atoms with Crippen LogP contribution in [0.15, 0.2) is 30.3 Å². The molecule has 4 amide bonds. The fourth-order valence-electron chi connectivity index (χ4n) is 1.97. The summed E-state index contributed by atoms with van der Waals surface area (Å²) in [5.74, 6) is -1.91.